The van der Waals surface area contributed by atoms with Crippen molar-refractivity contribution in [1.82, 2.24) is 4.57 Å². The van der Waals surface area contributed by atoms with Gasteiger partial charge in [-0.1, -0.05) is 6.92 Å². The molecule has 1 aromatic carbocycles. The minimum absolute atomic E-state index is 0.0531. The van der Waals surface area contributed by atoms with Crippen LogP contribution in [-0.2, 0) is 16.9 Å². The number of hydrogen-bond donors (Lipinski definition) is 1. The molecule has 0 radical (unpaired) electrons. The van der Waals surface area contributed by atoms with Crippen molar-refractivity contribution >= 4 is 21.2 Å². The Morgan fingerprint density at radius 2 is 1.93 bits per heavy atom. The first kappa shape index (κ1) is 19.5. The van der Waals surface area contributed by atoms with Crippen molar-refractivity contribution < 1.29 is 8.42 Å². The molecule has 6 nitrogen and oxygen atoms in total. The van der Waals surface area contributed by atoms with Crippen LogP contribution in [0.5, 0.6) is 0 Å². The van der Waals surface area contributed by atoms with Crippen LogP contribution in [0.2, 0.25) is 0 Å². The maximum absolute atomic E-state index is 12.4. The lowest BCUT2D eigenvalue weighted by molar-refractivity contribution is 0.597. The minimum atomic E-state index is -3.32. The molecule has 0 amide bonds. The van der Waals surface area contributed by atoms with Crippen molar-refractivity contribution in [2.75, 3.05) is 36.6 Å². The SMILES string of the molecule is CCS(=O)(=O)c1ccc(NCC2CC2)c(-c2cc(N(C)C)c(=O)n(C)c2)c1. The lowest BCUT2D eigenvalue weighted by atomic mass is 10.0. The predicted octanol–water partition coefficient (Wildman–Crippen LogP) is 2.73. The van der Waals surface area contributed by atoms with E-state index in [2.05, 4.69) is 5.32 Å². The molecule has 1 aliphatic carbocycles. The summed E-state index contributed by atoms with van der Waals surface area (Å²) in [6.45, 7) is 2.52. The molecule has 1 N–H and O–H groups in total. The molecule has 0 atom stereocenters. The van der Waals surface area contributed by atoms with Gasteiger partial charge in [0.05, 0.1) is 10.6 Å². The first-order chi connectivity index (χ1) is 12.7. The standard InChI is InChI=1S/C20H27N3O3S/c1-5-27(25,26)16-8-9-18(21-12-14-6-7-14)17(11-16)15-10-19(22(2)3)20(24)23(4)13-15/h8-11,13-14,21H,5-7,12H2,1-4H3. The number of anilines is 2. The third-order valence-corrected chi connectivity index (χ3v) is 6.70. The fraction of sp³-hybridized carbons (Fsp3) is 0.450. The number of nitrogens with one attached hydrogen (secondary N) is 1. The normalized spacial score (nSPS) is 14.2. The van der Waals surface area contributed by atoms with Crippen molar-refractivity contribution in [1.29, 1.82) is 0 Å². The van der Waals surface area contributed by atoms with Crippen LogP contribution in [0, 0.1) is 5.92 Å². The summed E-state index contributed by atoms with van der Waals surface area (Å²) in [5.41, 5.74) is 2.97. The van der Waals surface area contributed by atoms with Gasteiger partial charge in [0.1, 0.15) is 5.69 Å². The molecule has 3 rings (SSSR count). The summed E-state index contributed by atoms with van der Waals surface area (Å²) < 4.78 is 26.3. The molecule has 0 unspecified atom stereocenters. The molecule has 0 bridgehead atoms. The van der Waals surface area contributed by atoms with E-state index in [1.54, 1.807) is 37.2 Å². The van der Waals surface area contributed by atoms with Crippen LogP contribution in [0.3, 0.4) is 0 Å². The third-order valence-electron chi connectivity index (χ3n) is 4.97. The van der Waals surface area contributed by atoms with Crippen molar-refractivity contribution in [3.8, 4) is 11.1 Å². The Morgan fingerprint density at radius 3 is 2.52 bits per heavy atom. The van der Waals surface area contributed by atoms with E-state index in [-0.39, 0.29) is 11.3 Å². The number of pyridine rings is 1. The van der Waals surface area contributed by atoms with E-state index in [9.17, 15) is 13.2 Å². The number of hydrogen-bond acceptors (Lipinski definition) is 5. The quantitative estimate of drug-likeness (QED) is 0.788. The Balaban J connectivity index is 2.15. The van der Waals surface area contributed by atoms with Crippen LogP contribution in [0.1, 0.15) is 19.8 Å². The number of aromatic nitrogens is 1. The van der Waals surface area contributed by atoms with Gasteiger partial charge in [-0.05, 0) is 43.0 Å². The molecule has 1 fully saturated rings. The molecule has 146 valence electrons. The number of nitrogens with zero attached hydrogens (tertiary/aromatic N) is 2. The zero-order chi connectivity index (χ0) is 19.8. The first-order valence-electron chi connectivity index (χ1n) is 9.22. The van der Waals surface area contributed by atoms with Gasteiger partial charge >= 0.3 is 0 Å². The first-order valence-corrected chi connectivity index (χ1v) is 10.9. The molecular weight excluding hydrogens is 362 g/mol. The van der Waals surface area contributed by atoms with Gasteiger partial charge in [-0.15, -0.1) is 0 Å². The van der Waals surface area contributed by atoms with Crippen molar-refractivity contribution in [2.45, 2.75) is 24.7 Å². The van der Waals surface area contributed by atoms with Gasteiger partial charge in [-0.2, -0.15) is 0 Å². The fourth-order valence-corrected chi connectivity index (χ4v) is 3.92. The maximum atomic E-state index is 12.4. The highest BCUT2D eigenvalue weighted by atomic mass is 32.2. The zero-order valence-electron chi connectivity index (χ0n) is 16.3. The van der Waals surface area contributed by atoms with Crippen molar-refractivity contribution in [3.63, 3.8) is 0 Å². The lowest BCUT2D eigenvalue weighted by Gasteiger charge is -2.18. The van der Waals surface area contributed by atoms with E-state index in [0.717, 1.165) is 23.4 Å². The predicted molar refractivity (Wildman–Crippen MR) is 110 cm³/mol. The van der Waals surface area contributed by atoms with E-state index >= 15 is 0 Å². The third kappa shape index (κ3) is 4.18. The number of benzene rings is 1. The van der Waals surface area contributed by atoms with Gasteiger partial charge in [-0.25, -0.2) is 8.42 Å². The molecule has 27 heavy (non-hydrogen) atoms. The summed E-state index contributed by atoms with van der Waals surface area (Å²) in [5.74, 6) is 0.742. The van der Waals surface area contributed by atoms with Crippen molar-refractivity contribution in [2.24, 2.45) is 13.0 Å². The molecule has 7 heteroatoms. The molecule has 0 spiro atoms. The smallest absolute Gasteiger partial charge is 0.273 e. The topological polar surface area (TPSA) is 71.4 Å². The summed E-state index contributed by atoms with van der Waals surface area (Å²) in [7, 11) is 2.04. The summed E-state index contributed by atoms with van der Waals surface area (Å²) in [4.78, 5) is 14.5. The Labute approximate surface area is 160 Å². The van der Waals surface area contributed by atoms with Crippen LogP contribution >= 0.6 is 0 Å². The Bertz CT molecular complexity index is 1010. The molecule has 1 saturated carbocycles. The molecule has 1 aliphatic rings. The number of rotatable bonds is 7. The average Bonchev–Trinajstić information content (AvgIpc) is 3.46. The van der Waals surface area contributed by atoms with E-state index in [1.165, 1.54) is 17.4 Å². The van der Waals surface area contributed by atoms with Crippen LogP contribution in [0.25, 0.3) is 11.1 Å². The highest BCUT2D eigenvalue weighted by Gasteiger charge is 2.22. The molecule has 0 saturated heterocycles. The summed E-state index contributed by atoms with van der Waals surface area (Å²) in [6, 6.07) is 7.03. The van der Waals surface area contributed by atoms with Crippen LogP contribution in [0.4, 0.5) is 11.4 Å². The second-order valence-electron chi connectivity index (χ2n) is 7.36. The molecule has 1 aromatic heterocycles. The van der Waals surface area contributed by atoms with Crippen molar-refractivity contribution in [3.05, 3.63) is 40.8 Å². The van der Waals surface area contributed by atoms with E-state index in [0.29, 0.717) is 16.5 Å². The van der Waals surface area contributed by atoms with E-state index in [4.69, 9.17) is 0 Å². The second-order valence-corrected chi connectivity index (χ2v) is 9.64. The molecule has 1 heterocycles. The summed E-state index contributed by atoms with van der Waals surface area (Å²) in [5, 5.41) is 3.46. The number of sulfone groups is 1. The molecular formula is C20H27N3O3S. The van der Waals surface area contributed by atoms with Gasteiger partial charge in [0, 0.05) is 50.7 Å². The maximum Gasteiger partial charge on any atom is 0.273 e. The van der Waals surface area contributed by atoms with Gasteiger partial charge in [-0.3, -0.25) is 4.79 Å². The highest BCUT2D eigenvalue weighted by Crippen LogP contribution is 2.34. The largest absolute Gasteiger partial charge is 0.384 e. The minimum Gasteiger partial charge on any atom is -0.384 e. The Morgan fingerprint density at radius 1 is 1.22 bits per heavy atom. The van der Waals surface area contributed by atoms with Gasteiger partial charge in [0.15, 0.2) is 9.84 Å². The zero-order valence-corrected chi connectivity index (χ0v) is 17.1. The van der Waals surface area contributed by atoms with Gasteiger partial charge in [0.25, 0.3) is 5.56 Å². The molecule has 0 aliphatic heterocycles. The highest BCUT2D eigenvalue weighted by molar-refractivity contribution is 7.91. The fourth-order valence-electron chi connectivity index (χ4n) is 3.01. The second kappa shape index (κ2) is 7.38. The Hall–Kier alpha value is -2.28. The number of aryl methyl sites for hydroxylation is 1. The summed E-state index contributed by atoms with van der Waals surface area (Å²) >= 11 is 0. The van der Waals surface area contributed by atoms with Crippen LogP contribution in [0.15, 0.2) is 40.2 Å². The molecule has 2 aromatic rings. The van der Waals surface area contributed by atoms with Gasteiger partial charge in [0.2, 0.25) is 0 Å². The van der Waals surface area contributed by atoms with E-state index in [1.807, 2.05) is 26.2 Å². The lowest BCUT2D eigenvalue weighted by Crippen LogP contribution is -2.25. The van der Waals surface area contributed by atoms with Crippen LogP contribution in [-0.4, -0.2) is 39.4 Å². The summed E-state index contributed by atoms with van der Waals surface area (Å²) in [6.07, 6.45) is 4.22. The van der Waals surface area contributed by atoms with Crippen LogP contribution < -0.4 is 15.8 Å². The van der Waals surface area contributed by atoms with Gasteiger partial charge < -0.3 is 14.8 Å². The Kier molecular flexibility index (Phi) is 5.33. The monoisotopic (exact) mass is 389 g/mol. The van der Waals surface area contributed by atoms with E-state index < -0.39 is 9.84 Å². The average molecular weight is 390 g/mol.